The van der Waals surface area contributed by atoms with Crippen LogP contribution >= 0.6 is 0 Å². The number of nitrogens with one attached hydrogen (secondary N) is 1. The van der Waals surface area contributed by atoms with Gasteiger partial charge >= 0.3 is 5.97 Å². The standard InChI is InChI=1S/C21H28N2O3/c1-16(2)13-19(21(25)26-15-18-9-5-4-6-10-18)22-20(24)14-17(3)23-11-7-8-12-23/h4-12,16-17,19H,13-15H2,1-3H3,(H,22,24)/t17?,19-/m0/s1. The molecule has 2 atom stereocenters. The quantitative estimate of drug-likeness (QED) is 0.697. The zero-order chi connectivity index (χ0) is 18.9. The van der Waals surface area contributed by atoms with Crippen LogP contribution in [0.5, 0.6) is 0 Å². The van der Waals surface area contributed by atoms with Gasteiger partial charge in [-0.15, -0.1) is 0 Å². The molecule has 0 saturated carbocycles. The third-order valence-corrected chi connectivity index (χ3v) is 4.17. The molecule has 2 rings (SSSR count). The summed E-state index contributed by atoms with van der Waals surface area (Å²) in [6.45, 7) is 6.23. The Labute approximate surface area is 155 Å². The minimum Gasteiger partial charge on any atom is -0.459 e. The molecular weight excluding hydrogens is 328 g/mol. The van der Waals surface area contributed by atoms with Gasteiger partial charge in [0.25, 0.3) is 0 Å². The van der Waals surface area contributed by atoms with Gasteiger partial charge < -0.3 is 14.6 Å². The molecule has 1 heterocycles. The van der Waals surface area contributed by atoms with Crippen molar-refractivity contribution in [1.29, 1.82) is 0 Å². The van der Waals surface area contributed by atoms with Gasteiger partial charge in [0.1, 0.15) is 12.6 Å². The summed E-state index contributed by atoms with van der Waals surface area (Å²) in [6.07, 6.45) is 4.72. The molecule has 1 unspecified atom stereocenters. The summed E-state index contributed by atoms with van der Waals surface area (Å²) in [7, 11) is 0. The van der Waals surface area contributed by atoms with Crippen LogP contribution in [-0.2, 0) is 20.9 Å². The summed E-state index contributed by atoms with van der Waals surface area (Å²) < 4.78 is 7.39. The molecule has 140 valence electrons. The topological polar surface area (TPSA) is 60.3 Å². The van der Waals surface area contributed by atoms with E-state index >= 15 is 0 Å². The molecule has 1 aromatic heterocycles. The van der Waals surface area contributed by atoms with Gasteiger partial charge in [-0.25, -0.2) is 4.79 Å². The molecule has 0 saturated heterocycles. The lowest BCUT2D eigenvalue weighted by molar-refractivity contribution is -0.149. The number of aromatic nitrogens is 1. The fourth-order valence-corrected chi connectivity index (χ4v) is 2.78. The van der Waals surface area contributed by atoms with Gasteiger partial charge in [0.2, 0.25) is 5.91 Å². The molecular formula is C21H28N2O3. The Hall–Kier alpha value is -2.56. The van der Waals surface area contributed by atoms with Crippen molar-refractivity contribution >= 4 is 11.9 Å². The second kappa shape index (κ2) is 9.80. The van der Waals surface area contributed by atoms with Crippen molar-refractivity contribution in [2.24, 2.45) is 5.92 Å². The average molecular weight is 356 g/mol. The van der Waals surface area contributed by atoms with E-state index in [1.54, 1.807) is 0 Å². The maximum atomic E-state index is 12.5. The number of rotatable bonds is 9. The minimum absolute atomic E-state index is 0.0324. The van der Waals surface area contributed by atoms with Gasteiger partial charge in [0, 0.05) is 24.9 Å². The summed E-state index contributed by atoms with van der Waals surface area (Å²) in [5.41, 5.74) is 0.928. The fourth-order valence-electron chi connectivity index (χ4n) is 2.78. The Balaban J connectivity index is 1.90. The summed E-state index contributed by atoms with van der Waals surface area (Å²) in [5, 5.41) is 2.85. The molecule has 0 bridgehead atoms. The van der Waals surface area contributed by atoms with Crippen LogP contribution in [0.4, 0.5) is 0 Å². The van der Waals surface area contributed by atoms with Crippen LogP contribution in [-0.4, -0.2) is 22.5 Å². The van der Waals surface area contributed by atoms with Crippen LogP contribution < -0.4 is 5.32 Å². The second-order valence-electron chi connectivity index (χ2n) is 7.03. The van der Waals surface area contributed by atoms with Crippen LogP contribution in [0.15, 0.2) is 54.9 Å². The number of ether oxygens (including phenoxy) is 1. The van der Waals surface area contributed by atoms with E-state index in [9.17, 15) is 9.59 Å². The predicted octanol–water partition coefficient (Wildman–Crippen LogP) is 3.71. The van der Waals surface area contributed by atoms with Crippen molar-refractivity contribution < 1.29 is 14.3 Å². The number of esters is 1. The van der Waals surface area contributed by atoms with Crippen molar-refractivity contribution in [3.63, 3.8) is 0 Å². The Bertz CT molecular complexity index is 681. The first-order valence-electron chi connectivity index (χ1n) is 9.08. The Morgan fingerprint density at radius 3 is 2.31 bits per heavy atom. The monoisotopic (exact) mass is 356 g/mol. The van der Waals surface area contributed by atoms with E-state index in [2.05, 4.69) is 5.32 Å². The molecule has 26 heavy (non-hydrogen) atoms. The van der Waals surface area contributed by atoms with E-state index in [0.717, 1.165) is 5.56 Å². The third kappa shape index (κ3) is 6.39. The molecule has 0 aliphatic rings. The zero-order valence-electron chi connectivity index (χ0n) is 15.7. The van der Waals surface area contributed by atoms with E-state index < -0.39 is 6.04 Å². The van der Waals surface area contributed by atoms with Crippen LogP contribution in [0.3, 0.4) is 0 Å². The van der Waals surface area contributed by atoms with E-state index in [1.165, 1.54) is 0 Å². The molecule has 0 aliphatic carbocycles. The smallest absolute Gasteiger partial charge is 0.328 e. The number of carbonyl (C=O) groups excluding carboxylic acids is 2. The van der Waals surface area contributed by atoms with Gasteiger partial charge in [-0.1, -0.05) is 44.2 Å². The lowest BCUT2D eigenvalue weighted by Crippen LogP contribution is -2.43. The summed E-state index contributed by atoms with van der Waals surface area (Å²) >= 11 is 0. The highest BCUT2D eigenvalue weighted by atomic mass is 16.5. The van der Waals surface area contributed by atoms with Crippen molar-refractivity contribution in [1.82, 2.24) is 9.88 Å². The molecule has 1 aromatic carbocycles. The molecule has 0 radical (unpaired) electrons. The lowest BCUT2D eigenvalue weighted by Gasteiger charge is -2.21. The van der Waals surface area contributed by atoms with Gasteiger partial charge in [-0.3, -0.25) is 4.79 Å². The summed E-state index contributed by atoms with van der Waals surface area (Å²) in [6, 6.07) is 12.8. The first kappa shape index (κ1) is 19.8. The number of benzene rings is 1. The van der Waals surface area contributed by atoms with Crippen LogP contribution in [0.1, 0.15) is 45.2 Å². The number of hydrogen-bond donors (Lipinski definition) is 1. The number of hydrogen-bond acceptors (Lipinski definition) is 3. The van der Waals surface area contributed by atoms with E-state index in [1.807, 2.05) is 80.2 Å². The molecule has 2 aromatic rings. The fraction of sp³-hybridized carbons (Fsp3) is 0.429. The molecule has 0 aliphatic heterocycles. The SMILES string of the molecule is CC(C)C[C@H](NC(=O)CC(C)n1cccc1)C(=O)OCc1ccccc1. The second-order valence-corrected chi connectivity index (χ2v) is 7.03. The third-order valence-electron chi connectivity index (χ3n) is 4.17. The Morgan fingerprint density at radius 2 is 1.69 bits per heavy atom. The molecule has 5 nitrogen and oxygen atoms in total. The predicted molar refractivity (Wildman–Crippen MR) is 101 cm³/mol. The van der Waals surface area contributed by atoms with Crippen molar-refractivity contribution in [2.75, 3.05) is 0 Å². The normalized spacial score (nSPS) is 13.2. The van der Waals surface area contributed by atoms with E-state index in [4.69, 9.17) is 4.74 Å². The highest BCUT2D eigenvalue weighted by Gasteiger charge is 2.24. The van der Waals surface area contributed by atoms with Crippen molar-refractivity contribution in [3.05, 3.63) is 60.4 Å². The highest BCUT2D eigenvalue weighted by Crippen LogP contribution is 2.13. The van der Waals surface area contributed by atoms with Gasteiger partial charge in [0.05, 0.1) is 0 Å². The van der Waals surface area contributed by atoms with Crippen LogP contribution in [0, 0.1) is 5.92 Å². The average Bonchev–Trinajstić information content (AvgIpc) is 3.14. The van der Waals surface area contributed by atoms with Crippen molar-refractivity contribution in [3.8, 4) is 0 Å². The van der Waals surface area contributed by atoms with E-state index in [0.29, 0.717) is 12.8 Å². The van der Waals surface area contributed by atoms with Gasteiger partial charge in [0.15, 0.2) is 0 Å². The maximum Gasteiger partial charge on any atom is 0.328 e. The molecule has 5 heteroatoms. The minimum atomic E-state index is -0.622. The summed E-state index contributed by atoms with van der Waals surface area (Å²) in [4.78, 5) is 24.8. The number of nitrogens with zero attached hydrogens (tertiary/aromatic N) is 1. The number of carbonyl (C=O) groups is 2. The Morgan fingerprint density at radius 1 is 1.04 bits per heavy atom. The van der Waals surface area contributed by atoms with Crippen molar-refractivity contribution in [2.45, 2.75) is 52.3 Å². The Kier molecular flexibility index (Phi) is 7.45. The van der Waals surface area contributed by atoms with E-state index in [-0.39, 0.29) is 30.4 Å². The molecule has 0 fully saturated rings. The van der Waals surface area contributed by atoms with Crippen LogP contribution in [0.2, 0.25) is 0 Å². The van der Waals surface area contributed by atoms with Gasteiger partial charge in [-0.2, -0.15) is 0 Å². The van der Waals surface area contributed by atoms with Crippen LogP contribution in [0.25, 0.3) is 0 Å². The summed E-state index contributed by atoms with van der Waals surface area (Å²) in [5.74, 6) is -0.260. The van der Waals surface area contributed by atoms with Gasteiger partial charge in [-0.05, 0) is 37.0 Å². The highest BCUT2D eigenvalue weighted by molar-refractivity contribution is 5.84. The zero-order valence-corrected chi connectivity index (χ0v) is 15.7. The lowest BCUT2D eigenvalue weighted by atomic mass is 10.0. The molecule has 1 amide bonds. The first-order valence-corrected chi connectivity index (χ1v) is 9.08. The number of amides is 1. The molecule has 1 N–H and O–H groups in total. The molecule has 0 spiro atoms. The maximum absolute atomic E-state index is 12.5. The first-order chi connectivity index (χ1) is 12.5. The largest absolute Gasteiger partial charge is 0.459 e.